The van der Waals surface area contributed by atoms with E-state index in [0.29, 0.717) is 13.1 Å². The smallest absolute Gasteiger partial charge is 0.191 e. The van der Waals surface area contributed by atoms with Crippen molar-refractivity contribution in [3.8, 4) is 0 Å². The van der Waals surface area contributed by atoms with Gasteiger partial charge >= 0.3 is 0 Å². The number of nitrogens with one attached hydrogen (secondary N) is 2. The SMILES string of the molecule is CCCC(O)(CCC)CNC(=NCC(C)(C)N(C)C)NCC.I. The van der Waals surface area contributed by atoms with Gasteiger partial charge in [0.1, 0.15) is 0 Å². The first-order chi connectivity index (χ1) is 10.2. The summed E-state index contributed by atoms with van der Waals surface area (Å²) in [7, 11) is 4.13. The normalized spacial score (nSPS) is 13.0. The van der Waals surface area contributed by atoms with Crippen LogP contribution in [0.25, 0.3) is 0 Å². The van der Waals surface area contributed by atoms with Crippen molar-refractivity contribution in [3.05, 3.63) is 0 Å². The van der Waals surface area contributed by atoms with E-state index in [9.17, 15) is 5.11 Å². The highest BCUT2D eigenvalue weighted by Crippen LogP contribution is 2.18. The third-order valence-electron chi connectivity index (χ3n) is 4.19. The highest BCUT2D eigenvalue weighted by atomic mass is 127. The zero-order valence-corrected chi connectivity index (χ0v) is 18.5. The molecule has 0 fully saturated rings. The number of rotatable bonds is 10. The largest absolute Gasteiger partial charge is 0.388 e. The Morgan fingerprint density at radius 1 is 1.04 bits per heavy atom. The van der Waals surface area contributed by atoms with Gasteiger partial charge < -0.3 is 20.6 Å². The molecule has 0 aliphatic rings. The van der Waals surface area contributed by atoms with E-state index in [1.165, 1.54) is 0 Å². The van der Waals surface area contributed by atoms with Gasteiger partial charge in [-0.2, -0.15) is 0 Å². The van der Waals surface area contributed by atoms with E-state index in [-0.39, 0.29) is 29.5 Å². The molecule has 0 aromatic carbocycles. The van der Waals surface area contributed by atoms with Gasteiger partial charge in [0.2, 0.25) is 0 Å². The highest BCUT2D eigenvalue weighted by molar-refractivity contribution is 14.0. The van der Waals surface area contributed by atoms with E-state index in [0.717, 1.165) is 38.2 Å². The average Bonchev–Trinajstić information content (AvgIpc) is 2.42. The van der Waals surface area contributed by atoms with Gasteiger partial charge in [0, 0.05) is 18.6 Å². The number of hydrogen-bond acceptors (Lipinski definition) is 3. The summed E-state index contributed by atoms with van der Waals surface area (Å²) in [6, 6.07) is 0. The van der Waals surface area contributed by atoms with E-state index < -0.39 is 5.60 Å². The average molecular weight is 442 g/mol. The second-order valence-electron chi connectivity index (χ2n) is 6.98. The Kier molecular flexibility index (Phi) is 13.5. The maximum absolute atomic E-state index is 10.7. The first kappa shape index (κ1) is 25.2. The van der Waals surface area contributed by atoms with Gasteiger partial charge in [-0.05, 0) is 47.7 Å². The number of likely N-dealkylation sites (N-methyl/N-ethyl adjacent to an activating group) is 1. The monoisotopic (exact) mass is 442 g/mol. The van der Waals surface area contributed by atoms with Crippen LogP contribution in [0.5, 0.6) is 0 Å². The third kappa shape index (κ3) is 10.4. The summed E-state index contributed by atoms with van der Waals surface area (Å²) >= 11 is 0. The van der Waals surface area contributed by atoms with Gasteiger partial charge in [-0.1, -0.05) is 26.7 Å². The van der Waals surface area contributed by atoms with Crippen LogP contribution in [0.3, 0.4) is 0 Å². The minimum Gasteiger partial charge on any atom is -0.388 e. The van der Waals surface area contributed by atoms with Crippen LogP contribution in [0.4, 0.5) is 0 Å². The first-order valence-electron chi connectivity index (χ1n) is 8.62. The molecule has 0 rings (SSSR count). The quantitative estimate of drug-likeness (QED) is 0.277. The van der Waals surface area contributed by atoms with E-state index in [1.54, 1.807) is 0 Å². The van der Waals surface area contributed by atoms with Crippen LogP contribution in [0.2, 0.25) is 0 Å². The van der Waals surface area contributed by atoms with Gasteiger partial charge in [0.15, 0.2) is 5.96 Å². The van der Waals surface area contributed by atoms with Crippen molar-refractivity contribution < 1.29 is 5.11 Å². The number of nitrogens with zero attached hydrogens (tertiary/aromatic N) is 2. The molecule has 23 heavy (non-hydrogen) atoms. The van der Waals surface area contributed by atoms with Crippen molar-refractivity contribution in [1.82, 2.24) is 15.5 Å². The summed E-state index contributed by atoms with van der Waals surface area (Å²) in [4.78, 5) is 6.84. The molecule has 0 spiro atoms. The third-order valence-corrected chi connectivity index (χ3v) is 4.19. The van der Waals surface area contributed by atoms with Crippen LogP contribution >= 0.6 is 24.0 Å². The van der Waals surface area contributed by atoms with Gasteiger partial charge in [-0.3, -0.25) is 4.99 Å². The molecule has 140 valence electrons. The standard InChI is InChI=1S/C17H38N4O.HI/c1-8-11-17(22,12-9-2)14-20-15(18-10-3)19-13-16(4,5)21(6)7;/h22H,8-14H2,1-7H3,(H2,18,19,20);1H. The van der Waals surface area contributed by atoms with Crippen molar-refractivity contribution in [1.29, 1.82) is 0 Å². The van der Waals surface area contributed by atoms with E-state index in [1.807, 2.05) is 0 Å². The summed E-state index contributed by atoms with van der Waals surface area (Å²) in [6.45, 7) is 12.7. The van der Waals surface area contributed by atoms with Crippen LogP contribution in [0, 0.1) is 0 Å². The van der Waals surface area contributed by atoms with E-state index in [2.05, 4.69) is 69.2 Å². The van der Waals surface area contributed by atoms with Crippen LogP contribution in [0.15, 0.2) is 4.99 Å². The predicted molar refractivity (Wildman–Crippen MR) is 112 cm³/mol. The van der Waals surface area contributed by atoms with Gasteiger partial charge in [0.25, 0.3) is 0 Å². The van der Waals surface area contributed by atoms with E-state index in [4.69, 9.17) is 0 Å². The zero-order valence-electron chi connectivity index (χ0n) is 16.2. The summed E-state index contributed by atoms with van der Waals surface area (Å²) in [5.74, 6) is 0.781. The van der Waals surface area contributed by atoms with Gasteiger partial charge in [-0.15, -0.1) is 24.0 Å². The molecule has 0 amide bonds. The Labute approximate surface area is 160 Å². The number of hydrogen-bond donors (Lipinski definition) is 3. The Morgan fingerprint density at radius 3 is 1.96 bits per heavy atom. The molecule has 3 N–H and O–H groups in total. The van der Waals surface area contributed by atoms with Crippen LogP contribution in [0.1, 0.15) is 60.3 Å². The first-order valence-corrected chi connectivity index (χ1v) is 8.62. The summed E-state index contributed by atoms with van der Waals surface area (Å²) in [6.07, 6.45) is 3.60. The highest BCUT2D eigenvalue weighted by Gasteiger charge is 2.25. The second kappa shape index (κ2) is 12.3. The number of aliphatic hydroxyl groups is 1. The second-order valence-corrected chi connectivity index (χ2v) is 6.98. The molecular formula is C17H39IN4O. The number of halogens is 1. The van der Waals surface area contributed by atoms with E-state index >= 15 is 0 Å². The molecule has 0 radical (unpaired) electrons. The van der Waals surface area contributed by atoms with Crippen LogP contribution in [-0.2, 0) is 0 Å². The molecule has 0 saturated carbocycles. The predicted octanol–water partition coefficient (Wildman–Crippen LogP) is 2.83. The van der Waals surface area contributed by atoms with Gasteiger partial charge in [0.05, 0.1) is 12.1 Å². The Hall–Kier alpha value is -0.0800. The van der Waals surface area contributed by atoms with Crippen molar-refractivity contribution in [2.75, 3.05) is 33.7 Å². The maximum Gasteiger partial charge on any atom is 0.191 e. The fourth-order valence-corrected chi connectivity index (χ4v) is 2.24. The van der Waals surface area contributed by atoms with Crippen LogP contribution < -0.4 is 10.6 Å². The molecule has 0 heterocycles. The lowest BCUT2D eigenvalue weighted by molar-refractivity contribution is 0.0257. The number of guanidine groups is 1. The molecule has 5 nitrogen and oxygen atoms in total. The Morgan fingerprint density at radius 2 is 1.57 bits per heavy atom. The Balaban J connectivity index is 0. The maximum atomic E-state index is 10.7. The minimum atomic E-state index is -0.642. The molecule has 0 atom stereocenters. The lowest BCUT2D eigenvalue weighted by Gasteiger charge is -2.32. The van der Waals surface area contributed by atoms with Crippen molar-refractivity contribution in [2.45, 2.75) is 71.4 Å². The van der Waals surface area contributed by atoms with Crippen LogP contribution in [-0.4, -0.2) is 60.8 Å². The molecule has 0 unspecified atom stereocenters. The Bertz CT molecular complexity index is 327. The molecule has 0 saturated heterocycles. The van der Waals surface area contributed by atoms with Crippen molar-refractivity contribution in [2.24, 2.45) is 4.99 Å². The molecule has 0 aliphatic carbocycles. The summed E-state index contributed by atoms with van der Waals surface area (Å²) < 4.78 is 0. The molecule has 0 aromatic rings. The topological polar surface area (TPSA) is 59.9 Å². The molecule has 0 aliphatic heterocycles. The lowest BCUT2D eigenvalue weighted by Crippen LogP contribution is -2.48. The molecular weight excluding hydrogens is 403 g/mol. The van der Waals surface area contributed by atoms with Crippen molar-refractivity contribution in [3.63, 3.8) is 0 Å². The summed E-state index contributed by atoms with van der Waals surface area (Å²) in [5.41, 5.74) is -0.637. The minimum absolute atomic E-state index is 0. The lowest BCUT2D eigenvalue weighted by atomic mass is 9.93. The molecule has 0 aromatic heterocycles. The zero-order chi connectivity index (χ0) is 17.2. The van der Waals surface area contributed by atoms with Crippen molar-refractivity contribution >= 4 is 29.9 Å². The number of aliphatic imine (C=N–C) groups is 1. The fraction of sp³-hybridized carbons (Fsp3) is 0.941. The molecule has 6 heteroatoms. The fourth-order valence-electron chi connectivity index (χ4n) is 2.24. The summed E-state index contributed by atoms with van der Waals surface area (Å²) in [5, 5.41) is 17.3. The molecule has 0 bridgehead atoms. The van der Waals surface area contributed by atoms with Gasteiger partial charge in [-0.25, -0.2) is 0 Å².